The number of hydrogen-bond acceptors (Lipinski definition) is 2. The SMILES string of the molecule is N#CCCCNCc1cccc(Cl)c1. The molecule has 0 heterocycles. The average Bonchev–Trinajstić information content (AvgIpc) is 2.18. The van der Waals surface area contributed by atoms with Crippen molar-refractivity contribution in [2.24, 2.45) is 0 Å². The number of halogens is 1. The number of nitriles is 1. The minimum atomic E-state index is 0.614. The molecule has 1 aromatic rings. The van der Waals surface area contributed by atoms with Crippen LogP contribution in [-0.4, -0.2) is 6.54 Å². The molecule has 3 heteroatoms. The summed E-state index contributed by atoms with van der Waals surface area (Å²) in [6.45, 7) is 1.69. The van der Waals surface area contributed by atoms with Crippen molar-refractivity contribution in [3.63, 3.8) is 0 Å². The summed E-state index contributed by atoms with van der Waals surface area (Å²) in [7, 11) is 0. The number of unbranched alkanes of at least 4 members (excludes halogenated alkanes) is 1. The number of rotatable bonds is 5. The molecule has 1 rings (SSSR count). The summed E-state index contributed by atoms with van der Waals surface area (Å²) in [6.07, 6.45) is 1.51. The zero-order valence-electron chi connectivity index (χ0n) is 7.96. The summed E-state index contributed by atoms with van der Waals surface area (Å²) in [5.41, 5.74) is 1.18. The van der Waals surface area contributed by atoms with Gasteiger partial charge in [-0.05, 0) is 30.7 Å². The predicted octanol–water partition coefficient (Wildman–Crippen LogP) is 2.73. The van der Waals surface area contributed by atoms with Gasteiger partial charge in [0.25, 0.3) is 0 Å². The molecule has 0 aliphatic rings. The van der Waals surface area contributed by atoms with Crippen LogP contribution < -0.4 is 5.32 Å². The third-order valence-corrected chi connectivity index (χ3v) is 2.10. The Morgan fingerprint density at radius 2 is 2.29 bits per heavy atom. The van der Waals surface area contributed by atoms with Crippen LogP contribution in [0.3, 0.4) is 0 Å². The minimum absolute atomic E-state index is 0.614. The second kappa shape index (κ2) is 6.42. The Balaban J connectivity index is 2.22. The summed E-state index contributed by atoms with van der Waals surface area (Å²) in [4.78, 5) is 0. The summed E-state index contributed by atoms with van der Waals surface area (Å²) >= 11 is 5.84. The van der Waals surface area contributed by atoms with E-state index in [0.717, 1.165) is 24.5 Å². The fourth-order valence-electron chi connectivity index (χ4n) is 1.17. The molecular formula is C11H13ClN2. The van der Waals surface area contributed by atoms with Crippen LogP contribution in [0.15, 0.2) is 24.3 Å². The lowest BCUT2D eigenvalue weighted by atomic mass is 10.2. The van der Waals surface area contributed by atoms with Crippen LogP contribution in [0.2, 0.25) is 5.02 Å². The Kier molecular flexibility index (Phi) is 5.06. The molecule has 0 spiro atoms. The molecule has 0 aromatic heterocycles. The normalized spacial score (nSPS) is 9.71. The van der Waals surface area contributed by atoms with Gasteiger partial charge in [0, 0.05) is 18.0 Å². The van der Waals surface area contributed by atoms with E-state index in [4.69, 9.17) is 16.9 Å². The molecule has 1 aromatic carbocycles. The minimum Gasteiger partial charge on any atom is -0.313 e. The first-order valence-corrected chi connectivity index (χ1v) is 5.03. The lowest BCUT2D eigenvalue weighted by Gasteiger charge is -2.03. The predicted molar refractivity (Wildman–Crippen MR) is 58.0 cm³/mol. The highest BCUT2D eigenvalue weighted by molar-refractivity contribution is 6.30. The molecule has 2 nitrogen and oxygen atoms in total. The van der Waals surface area contributed by atoms with Crippen molar-refractivity contribution in [2.75, 3.05) is 6.54 Å². The Labute approximate surface area is 89.5 Å². The Hall–Kier alpha value is -1.04. The fraction of sp³-hybridized carbons (Fsp3) is 0.364. The van der Waals surface area contributed by atoms with Gasteiger partial charge in [-0.15, -0.1) is 0 Å². The Morgan fingerprint density at radius 3 is 3.00 bits per heavy atom. The smallest absolute Gasteiger partial charge is 0.0622 e. The maximum atomic E-state index is 8.32. The molecule has 0 saturated carbocycles. The molecule has 74 valence electrons. The van der Waals surface area contributed by atoms with E-state index in [9.17, 15) is 0 Å². The third-order valence-electron chi connectivity index (χ3n) is 1.86. The van der Waals surface area contributed by atoms with Crippen LogP contribution in [0.5, 0.6) is 0 Å². The topological polar surface area (TPSA) is 35.8 Å². The van der Waals surface area contributed by atoms with E-state index in [1.54, 1.807) is 0 Å². The monoisotopic (exact) mass is 208 g/mol. The second-order valence-electron chi connectivity index (χ2n) is 3.07. The first-order valence-electron chi connectivity index (χ1n) is 4.65. The van der Waals surface area contributed by atoms with Gasteiger partial charge in [0.05, 0.1) is 6.07 Å². The van der Waals surface area contributed by atoms with Crippen molar-refractivity contribution >= 4 is 11.6 Å². The van der Waals surface area contributed by atoms with Gasteiger partial charge in [0.2, 0.25) is 0 Å². The summed E-state index contributed by atoms with van der Waals surface area (Å²) in [5.74, 6) is 0. The zero-order valence-corrected chi connectivity index (χ0v) is 8.72. The van der Waals surface area contributed by atoms with Gasteiger partial charge in [-0.3, -0.25) is 0 Å². The molecule has 0 aliphatic carbocycles. The fourth-order valence-corrected chi connectivity index (χ4v) is 1.38. The maximum Gasteiger partial charge on any atom is 0.0622 e. The van der Waals surface area contributed by atoms with E-state index >= 15 is 0 Å². The van der Waals surface area contributed by atoms with Gasteiger partial charge in [-0.25, -0.2) is 0 Å². The number of benzene rings is 1. The summed E-state index contributed by atoms with van der Waals surface area (Å²) in [6, 6.07) is 9.89. The van der Waals surface area contributed by atoms with E-state index < -0.39 is 0 Å². The van der Waals surface area contributed by atoms with Crippen molar-refractivity contribution in [1.29, 1.82) is 5.26 Å². The lowest BCUT2D eigenvalue weighted by molar-refractivity contribution is 0.657. The standard InChI is InChI=1S/C11H13ClN2/c12-11-5-3-4-10(8-11)9-14-7-2-1-6-13/h3-5,8,14H,1-2,7,9H2. The van der Waals surface area contributed by atoms with Crippen LogP contribution >= 0.6 is 11.6 Å². The van der Waals surface area contributed by atoms with Crippen LogP contribution in [0.4, 0.5) is 0 Å². The van der Waals surface area contributed by atoms with Gasteiger partial charge in [-0.1, -0.05) is 23.7 Å². The molecule has 0 atom stereocenters. The van der Waals surface area contributed by atoms with E-state index in [2.05, 4.69) is 11.4 Å². The third kappa shape index (κ3) is 4.27. The van der Waals surface area contributed by atoms with E-state index in [1.807, 2.05) is 24.3 Å². The molecule has 0 unspecified atom stereocenters. The average molecular weight is 209 g/mol. The summed E-state index contributed by atoms with van der Waals surface area (Å²) in [5, 5.41) is 12.3. The summed E-state index contributed by atoms with van der Waals surface area (Å²) < 4.78 is 0. The first-order chi connectivity index (χ1) is 6.83. The van der Waals surface area contributed by atoms with Crippen molar-refractivity contribution in [3.05, 3.63) is 34.9 Å². The zero-order chi connectivity index (χ0) is 10.2. The molecule has 14 heavy (non-hydrogen) atoms. The highest BCUT2D eigenvalue weighted by Crippen LogP contribution is 2.10. The molecule has 0 bridgehead atoms. The van der Waals surface area contributed by atoms with Crippen LogP contribution in [0.25, 0.3) is 0 Å². The lowest BCUT2D eigenvalue weighted by Crippen LogP contribution is -2.14. The maximum absolute atomic E-state index is 8.32. The second-order valence-corrected chi connectivity index (χ2v) is 3.50. The Morgan fingerprint density at radius 1 is 1.43 bits per heavy atom. The molecule has 0 aliphatic heterocycles. The highest BCUT2D eigenvalue weighted by Gasteiger charge is 1.93. The largest absolute Gasteiger partial charge is 0.313 e. The van der Waals surface area contributed by atoms with Gasteiger partial charge in [0.1, 0.15) is 0 Å². The van der Waals surface area contributed by atoms with Crippen molar-refractivity contribution in [3.8, 4) is 6.07 Å². The molecule has 1 N–H and O–H groups in total. The van der Waals surface area contributed by atoms with Gasteiger partial charge in [0.15, 0.2) is 0 Å². The van der Waals surface area contributed by atoms with Crippen LogP contribution in [0, 0.1) is 11.3 Å². The van der Waals surface area contributed by atoms with E-state index in [-0.39, 0.29) is 0 Å². The van der Waals surface area contributed by atoms with Gasteiger partial charge in [-0.2, -0.15) is 5.26 Å². The van der Waals surface area contributed by atoms with Crippen LogP contribution in [-0.2, 0) is 6.54 Å². The van der Waals surface area contributed by atoms with E-state index in [1.165, 1.54) is 5.56 Å². The number of nitrogens with zero attached hydrogens (tertiary/aromatic N) is 1. The van der Waals surface area contributed by atoms with Crippen LogP contribution in [0.1, 0.15) is 18.4 Å². The first kappa shape index (κ1) is 11.0. The van der Waals surface area contributed by atoms with Crippen molar-refractivity contribution < 1.29 is 0 Å². The van der Waals surface area contributed by atoms with E-state index in [0.29, 0.717) is 6.42 Å². The molecule has 0 amide bonds. The number of hydrogen-bond donors (Lipinski definition) is 1. The molecule has 0 fully saturated rings. The quantitative estimate of drug-likeness (QED) is 0.756. The molecule has 0 radical (unpaired) electrons. The number of nitrogens with one attached hydrogen (secondary N) is 1. The van der Waals surface area contributed by atoms with Crippen molar-refractivity contribution in [1.82, 2.24) is 5.32 Å². The van der Waals surface area contributed by atoms with Crippen molar-refractivity contribution in [2.45, 2.75) is 19.4 Å². The van der Waals surface area contributed by atoms with Gasteiger partial charge < -0.3 is 5.32 Å². The Bertz CT molecular complexity index is 317. The molecule has 0 saturated heterocycles. The van der Waals surface area contributed by atoms with Gasteiger partial charge >= 0.3 is 0 Å². The molecular weight excluding hydrogens is 196 g/mol. The highest BCUT2D eigenvalue weighted by atomic mass is 35.5.